The summed E-state index contributed by atoms with van der Waals surface area (Å²) in [4.78, 5) is 24.5. The van der Waals surface area contributed by atoms with Gasteiger partial charge in [-0.25, -0.2) is 8.42 Å². The number of carboxylic acids is 1. The Kier molecular flexibility index (Phi) is 10.9. The Balaban J connectivity index is 1.96. The lowest BCUT2D eigenvalue weighted by atomic mass is 10.1. The fourth-order valence-electron chi connectivity index (χ4n) is 3.76. The van der Waals surface area contributed by atoms with Crippen molar-refractivity contribution in [3.8, 4) is 0 Å². The van der Waals surface area contributed by atoms with Crippen molar-refractivity contribution in [2.75, 3.05) is 13.1 Å². The zero-order valence-corrected chi connectivity index (χ0v) is 21.5. The molecule has 0 aliphatic heterocycles. The van der Waals surface area contributed by atoms with Crippen molar-refractivity contribution in [3.63, 3.8) is 0 Å². The van der Waals surface area contributed by atoms with E-state index in [1.807, 2.05) is 51.1 Å². The van der Waals surface area contributed by atoms with E-state index in [1.165, 1.54) is 12.1 Å². The molecule has 0 unspecified atom stereocenters. The number of aliphatic carboxylic acids is 1. The first-order chi connectivity index (χ1) is 16.5. The molecule has 2 atom stereocenters. The minimum absolute atomic E-state index is 0.0533. The number of hydrogen-bond acceptors (Lipinski definition) is 5. The second-order valence-electron chi connectivity index (χ2n) is 9.22. The number of aryl methyl sites for hydroxylation is 1. The van der Waals surface area contributed by atoms with Gasteiger partial charge in [-0.1, -0.05) is 61.9 Å². The van der Waals surface area contributed by atoms with Gasteiger partial charge in [0.2, 0.25) is 15.9 Å². The van der Waals surface area contributed by atoms with Crippen molar-refractivity contribution in [2.45, 2.75) is 63.4 Å². The molecule has 2 aromatic rings. The SMILES string of the molecule is Cc1ccc(S(=O)(=O)N(CC(C)C)[C@@H](CCCCNC(=O)[C@@H](N)Cc2ccccc2)C(=O)O)cc1. The van der Waals surface area contributed by atoms with E-state index in [9.17, 15) is 23.1 Å². The number of benzene rings is 2. The number of carboxylic acid groups (broad SMARTS) is 1. The Hall–Kier alpha value is -2.75. The summed E-state index contributed by atoms with van der Waals surface area (Å²) in [6, 6.07) is 14.0. The molecule has 0 fully saturated rings. The number of amides is 1. The molecule has 1 amide bonds. The average Bonchev–Trinajstić information content (AvgIpc) is 2.80. The maximum Gasteiger partial charge on any atom is 0.322 e. The highest BCUT2D eigenvalue weighted by atomic mass is 32.2. The van der Waals surface area contributed by atoms with E-state index in [4.69, 9.17) is 5.73 Å². The first kappa shape index (κ1) is 28.5. The van der Waals surface area contributed by atoms with Gasteiger partial charge in [0.1, 0.15) is 6.04 Å². The van der Waals surface area contributed by atoms with E-state index in [0.29, 0.717) is 25.8 Å². The second-order valence-corrected chi connectivity index (χ2v) is 11.1. The summed E-state index contributed by atoms with van der Waals surface area (Å²) in [6.07, 6.45) is 1.50. The van der Waals surface area contributed by atoms with Gasteiger partial charge in [0.05, 0.1) is 10.9 Å². The molecule has 0 bridgehead atoms. The maximum absolute atomic E-state index is 13.3. The number of nitrogens with two attached hydrogens (primary N) is 1. The molecule has 0 aromatic heterocycles. The van der Waals surface area contributed by atoms with E-state index < -0.39 is 28.1 Å². The maximum atomic E-state index is 13.3. The van der Waals surface area contributed by atoms with Gasteiger partial charge < -0.3 is 16.2 Å². The molecular formula is C26H37N3O5S. The van der Waals surface area contributed by atoms with Crippen LogP contribution in [0.3, 0.4) is 0 Å². The fourth-order valence-corrected chi connectivity index (χ4v) is 5.53. The van der Waals surface area contributed by atoms with Crippen LogP contribution in [0, 0.1) is 12.8 Å². The summed E-state index contributed by atoms with van der Waals surface area (Å²) in [5, 5.41) is 12.7. The van der Waals surface area contributed by atoms with E-state index >= 15 is 0 Å². The van der Waals surface area contributed by atoms with Crippen LogP contribution in [0.25, 0.3) is 0 Å². The second kappa shape index (κ2) is 13.4. The Morgan fingerprint density at radius 3 is 2.23 bits per heavy atom. The van der Waals surface area contributed by atoms with Crippen LogP contribution in [0.15, 0.2) is 59.5 Å². The molecule has 9 heteroatoms. The van der Waals surface area contributed by atoms with Crippen LogP contribution in [0.1, 0.15) is 44.2 Å². The number of hydrogen-bond donors (Lipinski definition) is 3. The highest BCUT2D eigenvalue weighted by Crippen LogP contribution is 2.23. The fraction of sp³-hybridized carbons (Fsp3) is 0.462. The number of rotatable bonds is 14. The monoisotopic (exact) mass is 503 g/mol. The molecule has 0 radical (unpaired) electrons. The Bertz CT molecular complexity index is 1060. The smallest absolute Gasteiger partial charge is 0.322 e. The summed E-state index contributed by atoms with van der Waals surface area (Å²) in [6.45, 7) is 5.99. The molecule has 4 N–H and O–H groups in total. The number of unbranched alkanes of at least 4 members (excludes halogenated alkanes) is 1. The molecule has 192 valence electrons. The van der Waals surface area contributed by atoms with Crippen LogP contribution in [-0.2, 0) is 26.0 Å². The van der Waals surface area contributed by atoms with Crippen LogP contribution in [0.5, 0.6) is 0 Å². The zero-order chi connectivity index (χ0) is 26.0. The zero-order valence-electron chi connectivity index (χ0n) is 20.7. The van der Waals surface area contributed by atoms with Gasteiger partial charge in [0.25, 0.3) is 0 Å². The van der Waals surface area contributed by atoms with E-state index in [0.717, 1.165) is 15.4 Å². The summed E-state index contributed by atoms with van der Waals surface area (Å²) in [5.41, 5.74) is 7.88. The van der Waals surface area contributed by atoms with Gasteiger partial charge in [-0.3, -0.25) is 9.59 Å². The third-order valence-corrected chi connectivity index (χ3v) is 7.53. The van der Waals surface area contributed by atoms with Gasteiger partial charge in [0.15, 0.2) is 0 Å². The first-order valence-corrected chi connectivity index (χ1v) is 13.3. The van der Waals surface area contributed by atoms with E-state index in [-0.39, 0.29) is 29.7 Å². The number of carbonyl (C=O) groups excluding carboxylic acids is 1. The summed E-state index contributed by atoms with van der Waals surface area (Å²) >= 11 is 0. The molecule has 0 spiro atoms. The Morgan fingerprint density at radius 2 is 1.66 bits per heavy atom. The van der Waals surface area contributed by atoms with Crippen molar-refractivity contribution < 1.29 is 23.1 Å². The Labute approximate surface area is 208 Å². The van der Waals surface area contributed by atoms with Crippen molar-refractivity contribution >= 4 is 21.9 Å². The minimum atomic E-state index is -3.99. The van der Waals surface area contributed by atoms with Crippen molar-refractivity contribution in [3.05, 3.63) is 65.7 Å². The van der Waals surface area contributed by atoms with Crippen molar-refractivity contribution in [1.82, 2.24) is 9.62 Å². The predicted molar refractivity (Wildman–Crippen MR) is 136 cm³/mol. The molecule has 0 saturated carbocycles. The van der Waals surface area contributed by atoms with Gasteiger partial charge >= 0.3 is 5.97 Å². The minimum Gasteiger partial charge on any atom is -0.480 e. The average molecular weight is 504 g/mol. The van der Waals surface area contributed by atoms with Crippen molar-refractivity contribution in [1.29, 1.82) is 0 Å². The molecule has 35 heavy (non-hydrogen) atoms. The molecule has 0 aliphatic rings. The quantitative estimate of drug-likeness (QED) is 0.340. The van der Waals surface area contributed by atoms with Gasteiger partial charge in [0, 0.05) is 13.1 Å². The topological polar surface area (TPSA) is 130 Å². The van der Waals surface area contributed by atoms with E-state index in [2.05, 4.69) is 5.32 Å². The normalized spacial score (nSPS) is 13.5. The number of carbonyl (C=O) groups is 2. The lowest BCUT2D eigenvalue weighted by Gasteiger charge is -2.29. The lowest BCUT2D eigenvalue weighted by Crippen LogP contribution is -2.46. The first-order valence-electron chi connectivity index (χ1n) is 11.9. The summed E-state index contributed by atoms with van der Waals surface area (Å²) in [7, 11) is -3.99. The van der Waals surface area contributed by atoms with Crippen LogP contribution < -0.4 is 11.1 Å². The molecule has 2 rings (SSSR count). The lowest BCUT2D eigenvalue weighted by molar-refractivity contribution is -0.142. The van der Waals surface area contributed by atoms with Crippen LogP contribution in [-0.4, -0.2) is 54.9 Å². The highest BCUT2D eigenvalue weighted by Gasteiger charge is 2.36. The molecule has 8 nitrogen and oxygen atoms in total. The van der Waals surface area contributed by atoms with Gasteiger partial charge in [-0.15, -0.1) is 0 Å². The number of sulfonamides is 1. The molecule has 0 saturated heterocycles. The van der Waals surface area contributed by atoms with E-state index in [1.54, 1.807) is 12.1 Å². The third kappa shape index (κ3) is 8.76. The van der Waals surface area contributed by atoms with Crippen LogP contribution in [0.4, 0.5) is 0 Å². The molecular weight excluding hydrogens is 466 g/mol. The van der Waals surface area contributed by atoms with Gasteiger partial charge in [-0.2, -0.15) is 4.31 Å². The van der Waals surface area contributed by atoms with Crippen LogP contribution >= 0.6 is 0 Å². The van der Waals surface area contributed by atoms with Crippen LogP contribution in [0.2, 0.25) is 0 Å². The predicted octanol–water partition coefficient (Wildman–Crippen LogP) is 2.95. The summed E-state index contributed by atoms with van der Waals surface area (Å²) in [5.74, 6) is -1.51. The third-order valence-electron chi connectivity index (χ3n) is 5.64. The largest absolute Gasteiger partial charge is 0.480 e. The molecule has 0 aliphatic carbocycles. The number of nitrogens with zero attached hydrogens (tertiary/aromatic N) is 1. The standard InChI is InChI=1S/C26H37N3O5S/c1-19(2)18-29(35(33,34)22-14-12-20(3)13-15-22)24(26(31)32)11-7-8-16-28-25(30)23(27)17-21-9-5-4-6-10-21/h4-6,9-10,12-15,19,23-24H,7-8,11,16-18,27H2,1-3H3,(H,28,30)(H,31,32)/t23-,24-/m0/s1. The Morgan fingerprint density at radius 1 is 1.03 bits per heavy atom. The highest BCUT2D eigenvalue weighted by molar-refractivity contribution is 7.89. The molecule has 2 aromatic carbocycles. The van der Waals surface area contributed by atoms with Crippen molar-refractivity contribution in [2.24, 2.45) is 11.7 Å². The summed E-state index contributed by atoms with van der Waals surface area (Å²) < 4.78 is 27.7. The molecule has 0 heterocycles. The number of nitrogens with one attached hydrogen (secondary N) is 1. The van der Waals surface area contributed by atoms with Gasteiger partial charge in [-0.05, 0) is 56.2 Å².